The van der Waals surface area contributed by atoms with E-state index in [1.54, 1.807) is 6.92 Å². The van der Waals surface area contributed by atoms with E-state index in [-0.39, 0.29) is 17.9 Å². The summed E-state index contributed by atoms with van der Waals surface area (Å²) < 4.78 is 5.12. The van der Waals surface area contributed by atoms with Crippen molar-refractivity contribution in [3.8, 4) is 5.75 Å². The SMILES string of the molecule is CCOC(=O)c1cc(N)cc(Br)c1O. The quantitative estimate of drug-likeness (QED) is 0.484. The molecule has 0 atom stereocenters. The Bertz CT molecular complexity index is 365. The lowest BCUT2D eigenvalue weighted by Gasteiger charge is -2.06. The van der Waals surface area contributed by atoms with Crippen LogP contribution in [0, 0.1) is 0 Å². The van der Waals surface area contributed by atoms with Gasteiger partial charge in [0, 0.05) is 5.69 Å². The van der Waals surface area contributed by atoms with E-state index in [1.165, 1.54) is 12.1 Å². The van der Waals surface area contributed by atoms with Crippen LogP contribution in [0.5, 0.6) is 5.75 Å². The number of hydrogen-bond acceptors (Lipinski definition) is 4. The molecule has 0 spiro atoms. The van der Waals surface area contributed by atoms with Crippen molar-refractivity contribution in [2.75, 3.05) is 12.3 Å². The highest BCUT2D eigenvalue weighted by atomic mass is 79.9. The van der Waals surface area contributed by atoms with Gasteiger partial charge in [-0.25, -0.2) is 4.79 Å². The third kappa shape index (κ3) is 2.17. The van der Waals surface area contributed by atoms with Gasteiger partial charge in [-0.05, 0) is 35.0 Å². The second kappa shape index (κ2) is 4.32. The lowest BCUT2D eigenvalue weighted by atomic mass is 10.2. The smallest absolute Gasteiger partial charge is 0.342 e. The summed E-state index contributed by atoms with van der Waals surface area (Å²) in [5, 5.41) is 9.52. The monoisotopic (exact) mass is 259 g/mol. The lowest BCUT2D eigenvalue weighted by Crippen LogP contribution is -2.05. The largest absolute Gasteiger partial charge is 0.506 e. The van der Waals surface area contributed by atoms with E-state index < -0.39 is 5.97 Å². The minimum atomic E-state index is -0.585. The molecule has 0 amide bonds. The van der Waals surface area contributed by atoms with Crippen molar-refractivity contribution in [3.05, 3.63) is 22.2 Å². The first-order chi connectivity index (χ1) is 6.56. The predicted octanol–water partition coefficient (Wildman–Crippen LogP) is 1.91. The van der Waals surface area contributed by atoms with Crippen molar-refractivity contribution in [1.29, 1.82) is 0 Å². The van der Waals surface area contributed by atoms with E-state index in [2.05, 4.69) is 15.9 Å². The van der Waals surface area contributed by atoms with Gasteiger partial charge in [0.2, 0.25) is 0 Å². The maximum Gasteiger partial charge on any atom is 0.342 e. The Morgan fingerprint density at radius 1 is 1.64 bits per heavy atom. The van der Waals surface area contributed by atoms with Crippen molar-refractivity contribution >= 4 is 27.6 Å². The third-order valence-corrected chi connectivity index (χ3v) is 2.19. The second-order valence-electron chi connectivity index (χ2n) is 2.62. The maximum absolute atomic E-state index is 11.3. The molecule has 0 aliphatic carbocycles. The van der Waals surface area contributed by atoms with Gasteiger partial charge in [-0.15, -0.1) is 0 Å². The van der Waals surface area contributed by atoms with Crippen molar-refractivity contribution in [1.82, 2.24) is 0 Å². The zero-order valence-electron chi connectivity index (χ0n) is 7.58. The van der Waals surface area contributed by atoms with E-state index in [0.29, 0.717) is 10.2 Å². The highest BCUT2D eigenvalue weighted by Gasteiger charge is 2.15. The first-order valence-electron chi connectivity index (χ1n) is 4.01. The van der Waals surface area contributed by atoms with Gasteiger partial charge in [0.05, 0.1) is 11.1 Å². The number of phenolic OH excluding ortho intramolecular Hbond substituents is 1. The first kappa shape index (κ1) is 10.8. The Hall–Kier alpha value is -1.23. The Morgan fingerprint density at radius 2 is 2.29 bits per heavy atom. The van der Waals surface area contributed by atoms with Crippen LogP contribution in [0.15, 0.2) is 16.6 Å². The van der Waals surface area contributed by atoms with E-state index in [1.807, 2.05) is 0 Å². The van der Waals surface area contributed by atoms with Gasteiger partial charge in [-0.2, -0.15) is 0 Å². The molecule has 0 unspecified atom stereocenters. The number of aromatic hydroxyl groups is 1. The highest BCUT2D eigenvalue weighted by Crippen LogP contribution is 2.30. The van der Waals surface area contributed by atoms with Crippen LogP contribution < -0.4 is 5.73 Å². The molecular formula is C9H10BrNO3. The number of ether oxygens (including phenoxy) is 1. The summed E-state index contributed by atoms with van der Waals surface area (Å²) >= 11 is 3.08. The van der Waals surface area contributed by atoms with Crippen LogP contribution in [0.4, 0.5) is 5.69 Å². The molecule has 14 heavy (non-hydrogen) atoms. The molecule has 3 N–H and O–H groups in total. The third-order valence-electron chi connectivity index (χ3n) is 1.58. The average Bonchev–Trinajstić information content (AvgIpc) is 2.11. The molecule has 76 valence electrons. The fraction of sp³-hybridized carbons (Fsp3) is 0.222. The molecule has 1 rings (SSSR count). The predicted molar refractivity (Wildman–Crippen MR) is 56.2 cm³/mol. The first-order valence-corrected chi connectivity index (χ1v) is 4.80. The molecule has 0 aromatic heterocycles. The molecule has 0 heterocycles. The molecule has 0 radical (unpaired) electrons. The van der Waals surface area contributed by atoms with Gasteiger partial charge in [0.15, 0.2) is 0 Å². The maximum atomic E-state index is 11.3. The summed E-state index contributed by atoms with van der Waals surface area (Å²) in [6.45, 7) is 1.95. The molecule has 4 nitrogen and oxygen atoms in total. The van der Waals surface area contributed by atoms with Crippen LogP contribution in [0.3, 0.4) is 0 Å². The van der Waals surface area contributed by atoms with Crippen LogP contribution in [0.1, 0.15) is 17.3 Å². The molecule has 0 bridgehead atoms. The fourth-order valence-corrected chi connectivity index (χ4v) is 1.46. The number of rotatable bonds is 2. The zero-order chi connectivity index (χ0) is 10.7. The zero-order valence-corrected chi connectivity index (χ0v) is 9.17. The normalized spacial score (nSPS) is 9.86. The molecule has 0 aliphatic heterocycles. The molecule has 0 saturated heterocycles. The summed E-state index contributed by atoms with van der Waals surface area (Å²) in [5.74, 6) is -0.740. The average molecular weight is 260 g/mol. The molecule has 0 fully saturated rings. The summed E-state index contributed by atoms with van der Waals surface area (Å²) in [6, 6.07) is 2.89. The summed E-state index contributed by atoms with van der Waals surface area (Å²) in [4.78, 5) is 11.3. The van der Waals surface area contributed by atoms with Crippen molar-refractivity contribution in [3.63, 3.8) is 0 Å². The number of halogens is 1. The summed E-state index contributed by atoms with van der Waals surface area (Å²) in [6.07, 6.45) is 0. The van der Waals surface area contributed by atoms with Crippen molar-refractivity contribution < 1.29 is 14.6 Å². The Morgan fingerprint density at radius 3 is 2.86 bits per heavy atom. The number of esters is 1. The second-order valence-corrected chi connectivity index (χ2v) is 3.47. The topological polar surface area (TPSA) is 72.5 Å². The number of phenols is 1. The van der Waals surface area contributed by atoms with Gasteiger partial charge in [-0.3, -0.25) is 0 Å². The molecular weight excluding hydrogens is 250 g/mol. The van der Waals surface area contributed by atoms with Crippen LogP contribution in [-0.4, -0.2) is 17.7 Å². The van der Waals surface area contributed by atoms with Gasteiger partial charge in [0.25, 0.3) is 0 Å². The minimum absolute atomic E-state index is 0.0683. The van der Waals surface area contributed by atoms with Crippen molar-refractivity contribution in [2.24, 2.45) is 0 Å². The molecule has 1 aromatic rings. The summed E-state index contributed by atoms with van der Waals surface area (Å²) in [5.41, 5.74) is 5.97. The number of carbonyl (C=O) groups is 1. The van der Waals surface area contributed by atoms with Gasteiger partial charge in [0.1, 0.15) is 11.3 Å². The van der Waals surface area contributed by atoms with E-state index in [4.69, 9.17) is 10.5 Å². The van der Waals surface area contributed by atoms with Gasteiger partial charge < -0.3 is 15.6 Å². The molecule has 0 aliphatic rings. The van der Waals surface area contributed by atoms with Gasteiger partial charge in [-0.1, -0.05) is 0 Å². The van der Waals surface area contributed by atoms with E-state index >= 15 is 0 Å². The standard InChI is InChI=1S/C9H10BrNO3/c1-2-14-9(13)6-3-5(11)4-7(10)8(6)12/h3-4,12H,2,11H2,1H3. The number of hydrogen-bond donors (Lipinski definition) is 2. The van der Waals surface area contributed by atoms with Crippen LogP contribution in [0.2, 0.25) is 0 Å². The molecule has 5 heteroatoms. The Labute approximate surface area is 89.8 Å². The highest BCUT2D eigenvalue weighted by molar-refractivity contribution is 9.10. The minimum Gasteiger partial charge on any atom is -0.506 e. The van der Waals surface area contributed by atoms with Crippen LogP contribution in [-0.2, 0) is 4.74 Å². The van der Waals surface area contributed by atoms with Gasteiger partial charge >= 0.3 is 5.97 Å². The molecule has 1 aromatic carbocycles. The summed E-state index contributed by atoms with van der Waals surface area (Å²) in [7, 11) is 0. The number of nitrogen functional groups attached to an aromatic ring is 1. The van der Waals surface area contributed by atoms with Crippen molar-refractivity contribution in [2.45, 2.75) is 6.92 Å². The van der Waals surface area contributed by atoms with E-state index in [0.717, 1.165) is 0 Å². The Balaban J connectivity index is 3.13. The van der Waals surface area contributed by atoms with Crippen LogP contribution in [0.25, 0.3) is 0 Å². The number of carbonyl (C=O) groups excluding carboxylic acids is 1. The van der Waals surface area contributed by atoms with Crippen LogP contribution >= 0.6 is 15.9 Å². The molecule has 0 saturated carbocycles. The number of benzene rings is 1. The number of nitrogens with two attached hydrogens (primary N) is 1. The Kier molecular flexibility index (Phi) is 3.35. The lowest BCUT2D eigenvalue weighted by molar-refractivity contribution is 0.0523. The van der Waals surface area contributed by atoms with E-state index in [9.17, 15) is 9.90 Å². The fourth-order valence-electron chi connectivity index (χ4n) is 0.984. The number of anilines is 1.